The number of hydrogen-bond donors (Lipinski definition) is 0. The van der Waals surface area contributed by atoms with E-state index >= 15 is 0 Å². The fourth-order valence-corrected chi connectivity index (χ4v) is 3.31. The van der Waals surface area contributed by atoms with Crippen molar-refractivity contribution in [1.29, 1.82) is 0 Å². The lowest BCUT2D eigenvalue weighted by Gasteiger charge is -2.10. The molecule has 0 aliphatic heterocycles. The zero-order chi connectivity index (χ0) is 20.2. The summed E-state index contributed by atoms with van der Waals surface area (Å²) < 4.78 is 10.2. The highest BCUT2D eigenvalue weighted by Crippen LogP contribution is 2.42. The van der Waals surface area contributed by atoms with Crippen molar-refractivity contribution in [2.24, 2.45) is 0 Å². The summed E-state index contributed by atoms with van der Waals surface area (Å²) in [6.07, 6.45) is 7.75. The topological polar surface area (TPSA) is 52.6 Å². The summed E-state index contributed by atoms with van der Waals surface area (Å²) in [5, 5.41) is 0.202. The van der Waals surface area contributed by atoms with Crippen molar-refractivity contribution in [3.8, 4) is 5.75 Å². The predicted octanol–water partition coefficient (Wildman–Crippen LogP) is 7.28. The van der Waals surface area contributed by atoms with E-state index in [2.05, 4.69) is 6.92 Å². The molecule has 4 nitrogen and oxygen atoms in total. The Morgan fingerprint density at radius 2 is 1.41 bits per heavy atom. The Kier molecular flexibility index (Phi) is 12.2. The van der Waals surface area contributed by atoms with Gasteiger partial charge in [-0.1, -0.05) is 91.9 Å². The highest BCUT2D eigenvalue weighted by molar-refractivity contribution is 6.50. The van der Waals surface area contributed by atoms with Crippen molar-refractivity contribution in [3.05, 3.63) is 26.2 Å². The number of unbranched alkanes of at least 4 members (excludes halogenated alkanes) is 6. The van der Waals surface area contributed by atoms with Gasteiger partial charge in [0, 0.05) is 0 Å². The summed E-state index contributed by atoms with van der Waals surface area (Å²) in [7, 11) is 0. The Morgan fingerprint density at radius 3 is 2.07 bits per heavy atom. The van der Waals surface area contributed by atoms with Gasteiger partial charge in [0.25, 0.3) is 0 Å². The SMILES string of the molecule is CCCCCCCCCOC(=O)CCC(=O)Oc1c(Cl)cc(Cl)c(Cl)c1Cl. The van der Waals surface area contributed by atoms with E-state index in [0.717, 1.165) is 19.3 Å². The molecule has 0 atom stereocenters. The normalized spacial score (nSPS) is 10.7. The van der Waals surface area contributed by atoms with E-state index in [4.69, 9.17) is 55.9 Å². The second-order valence-electron chi connectivity index (χ2n) is 6.11. The largest absolute Gasteiger partial charge is 0.466 e. The van der Waals surface area contributed by atoms with Gasteiger partial charge >= 0.3 is 11.9 Å². The number of ether oxygens (including phenoxy) is 2. The molecule has 0 bridgehead atoms. The molecular formula is C19H24Cl4O4. The van der Waals surface area contributed by atoms with Crippen LogP contribution in [0, 0.1) is 0 Å². The van der Waals surface area contributed by atoms with Crippen molar-refractivity contribution in [3.63, 3.8) is 0 Å². The molecule has 0 aliphatic rings. The monoisotopic (exact) mass is 456 g/mol. The molecule has 0 fully saturated rings. The molecule has 1 rings (SSSR count). The van der Waals surface area contributed by atoms with Crippen LogP contribution in [0.3, 0.4) is 0 Å². The second kappa shape index (κ2) is 13.5. The van der Waals surface area contributed by atoms with Crippen LogP contribution in [0.2, 0.25) is 20.1 Å². The second-order valence-corrected chi connectivity index (χ2v) is 7.68. The van der Waals surface area contributed by atoms with Crippen molar-refractivity contribution < 1.29 is 19.1 Å². The number of carbonyl (C=O) groups excluding carboxylic acids is 2. The molecule has 0 aromatic heterocycles. The Hall–Kier alpha value is -0.680. The van der Waals surface area contributed by atoms with Crippen LogP contribution in [0.25, 0.3) is 0 Å². The zero-order valence-corrected chi connectivity index (χ0v) is 18.3. The van der Waals surface area contributed by atoms with Gasteiger partial charge in [0.05, 0.1) is 34.5 Å². The van der Waals surface area contributed by atoms with Crippen molar-refractivity contribution >= 4 is 58.3 Å². The fourth-order valence-electron chi connectivity index (χ4n) is 2.33. The molecule has 152 valence electrons. The maximum atomic E-state index is 11.9. The average molecular weight is 458 g/mol. The molecule has 0 amide bonds. The summed E-state index contributed by atoms with van der Waals surface area (Å²) in [5.74, 6) is -1.18. The third kappa shape index (κ3) is 9.38. The van der Waals surface area contributed by atoms with Gasteiger partial charge in [0.2, 0.25) is 0 Å². The molecule has 0 aliphatic carbocycles. The maximum Gasteiger partial charge on any atom is 0.311 e. The number of halogens is 4. The molecule has 1 aromatic carbocycles. The predicted molar refractivity (Wildman–Crippen MR) is 110 cm³/mol. The van der Waals surface area contributed by atoms with Crippen LogP contribution in [-0.4, -0.2) is 18.5 Å². The lowest BCUT2D eigenvalue weighted by molar-refractivity contribution is -0.147. The lowest BCUT2D eigenvalue weighted by Crippen LogP contribution is -2.13. The molecule has 0 unspecified atom stereocenters. The number of benzene rings is 1. The molecular weight excluding hydrogens is 434 g/mol. The van der Waals surface area contributed by atoms with Gasteiger partial charge < -0.3 is 9.47 Å². The van der Waals surface area contributed by atoms with E-state index < -0.39 is 11.9 Å². The Bertz CT molecular complexity index is 635. The van der Waals surface area contributed by atoms with Gasteiger partial charge in [-0.3, -0.25) is 9.59 Å². The first kappa shape index (κ1) is 24.4. The summed E-state index contributed by atoms with van der Waals surface area (Å²) in [6.45, 7) is 2.55. The van der Waals surface area contributed by atoms with Gasteiger partial charge in [-0.25, -0.2) is 0 Å². The number of rotatable bonds is 12. The third-order valence-electron chi connectivity index (χ3n) is 3.83. The van der Waals surface area contributed by atoms with Gasteiger partial charge in [-0.05, 0) is 12.5 Å². The first-order valence-electron chi connectivity index (χ1n) is 9.06. The van der Waals surface area contributed by atoms with Gasteiger partial charge in [0.15, 0.2) is 5.75 Å². The first-order chi connectivity index (χ1) is 12.9. The summed E-state index contributed by atoms with van der Waals surface area (Å²) in [5.41, 5.74) is 0. The number of esters is 2. The Labute approximate surface area is 180 Å². The Morgan fingerprint density at radius 1 is 0.815 bits per heavy atom. The van der Waals surface area contributed by atoms with Gasteiger partial charge in [-0.15, -0.1) is 0 Å². The van der Waals surface area contributed by atoms with Crippen LogP contribution in [0.5, 0.6) is 5.75 Å². The van der Waals surface area contributed by atoms with Gasteiger partial charge in [-0.2, -0.15) is 0 Å². The third-order valence-corrected chi connectivity index (χ3v) is 5.36. The molecule has 0 saturated carbocycles. The molecule has 8 heteroatoms. The summed E-state index contributed by atoms with van der Waals surface area (Å²) in [4.78, 5) is 23.6. The molecule has 0 saturated heterocycles. The lowest BCUT2D eigenvalue weighted by atomic mass is 10.1. The maximum absolute atomic E-state index is 11.9. The molecule has 0 radical (unpaired) electrons. The minimum atomic E-state index is -0.662. The van der Waals surface area contributed by atoms with E-state index in [-0.39, 0.29) is 38.7 Å². The minimum absolute atomic E-state index is 0.0413. The molecule has 0 N–H and O–H groups in total. The van der Waals surface area contributed by atoms with E-state index in [1.165, 1.54) is 31.7 Å². The van der Waals surface area contributed by atoms with E-state index in [1.807, 2.05) is 0 Å². The smallest absolute Gasteiger partial charge is 0.311 e. The van der Waals surface area contributed by atoms with E-state index in [1.54, 1.807) is 0 Å². The van der Waals surface area contributed by atoms with Crippen LogP contribution in [-0.2, 0) is 14.3 Å². The average Bonchev–Trinajstić information content (AvgIpc) is 2.64. The van der Waals surface area contributed by atoms with Crippen molar-refractivity contribution in [2.45, 2.75) is 64.7 Å². The fraction of sp³-hybridized carbons (Fsp3) is 0.579. The summed E-state index contributed by atoms with van der Waals surface area (Å²) in [6, 6.07) is 1.33. The van der Waals surface area contributed by atoms with Crippen LogP contribution in [0.4, 0.5) is 0 Å². The molecule has 27 heavy (non-hydrogen) atoms. The van der Waals surface area contributed by atoms with Crippen LogP contribution >= 0.6 is 46.4 Å². The van der Waals surface area contributed by atoms with Crippen molar-refractivity contribution in [2.75, 3.05) is 6.61 Å². The van der Waals surface area contributed by atoms with Gasteiger partial charge in [0.1, 0.15) is 5.02 Å². The number of carbonyl (C=O) groups is 2. The molecule has 0 spiro atoms. The van der Waals surface area contributed by atoms with Crippen LogP contribution in [0.1, 0.15) is 64.7 Å². The first-order valence-corrected chi connectivity index (χ1v) is 10.6. The van der Waals surface area contributed by atoms with Crippen LogP contribution in [0.15, 0.2) is 6.07 Å². The quantitative estimate of drug-likeness (QED) is 0.109. The number of hydrogen-bond acceptors (Lipinski definition) is 4. The van der Waals surface area contributed by atoms with E-state index in [9.17, 15) is 9.59 Å². The minimum Gasteiger partial charge on any atom is -0.466 e. The standard InChI is InChI=1S/C19H24Cl4O4/c1-2-3-4-5-6-7-8-11-26-15(24)9-10-16(25)27-19-14(21)12-13(20)17(22)18(19)23/h12H,2-11H2,1H3. The molecule has 1 aromatic rings. The molecule has 0 heterocycles. The van der Waals surface area contributed by atoms with Crippen LogP contribution < -0.4 is 4.74 Å². The Balaban J connectivity index is 2.25. The zero-order valence-electron chi connectivity index (χ0n) is 15.3. The highest BCUT2D eigenvalue weighted by Gasteiger charge is 2.18. The highest BCUT2D eigenvalue weighted by atomic mass is 35.5. The summed E-state index contributed by atoms with van der Waals surface area (Å²) >= 11 is 23.7. The van der Waals surface area contributed by atoms with E-state index in [0.29, 0.717) is 6.61 Å². The van der Waals surface area contributed by atoms with Crippen molar-refractivity contribution in [1.82, 2.24) is 0 Å².